The quantitative estimate of drug-likeness (QED) is 0.657. The number of carbonyl (C=O) groups excluding carboxylic acids is 2. The summed E-state index contributed by atoms with van der Waals surface area (Å²) < 4.78 is 5.13. The first-order chi connectivity index (χ1) is 9.02. The zero-order valence-electron chi connectivity index (χ0n) is 10.4. The smallest absolute Gasteiger partial charge is 0.326 e. The van der Waals surface area contributed by atoms with Gasteiger partial charge in [0.2, 0.25) is 5.91 Å². The van der Waals surface area contributed by atoms with Crippen LogP contribution in [0.4, 0.5) is 4.79 Å². The monoisotopic (exact) mass is 271 g/mol. The van der Waals surface area contributed by atoms with Crippen LogP contribution in [0.3, 0.4) is 0 Å². The van der Waals surface area contributed by atoms with Crippen LogP contribution in [0, 0.1) is 0 Å². The van der Waals surface area contributed by atoms with Crippen molar-refractivity contribution < 1.29 is 24.2 Å². The van der Waals surface area contributed by atoms with E-state index in [0.29, 0.717) is 26.0 Å². The van der Waals surface area contributed by atoms with E-state index in [-0.39, 0.29) is 13.2 Å². The summed E-state index contributed by atoms with van der Waals surface area (Å²) in [5, 5.41) is 9.08. The number of urea groups is 1. The Labute approximate surface area is 110 Å². The normalized spacial score (nSPS) is 27.4. The van der Waals surface area contributed by atoms with Crippen LogP contribution in [-0.4, -0.2) is 71.2 Å². The molecule has 0 aromatic heterocycles. The molecule has 106 valence electrons. The SMILES string of the molecule is NC(=O)C1COCCN1C(=O)N1CCC[C@@H]1C(=O)O. The molecule has 2 rings (SSSR count). The number of likely N-dealkylation sites (tertiary alicyclic amines) is 1. The molecule has 3 amide bonds. The average molecular weight is 271 g/mol. The third-order valence-corrected chi connectivity index (χ3v) is 3.49. The van der Waals surface area contributed by atoms with Gasteiger partial charge in [-0.1, -0.05) is 0 Å². The summed E-state index contributed by atoms with van der Waals surface area (Å²) in [6.07, 6.45) is 1.08. The van der Waals surface area contributed by atoms with Crippen LogP contribution >= 0.6 is 0 Å². The Morgan fingerprint density at radius 2 is 1.84 bits per heavy atom. The van der Waals surface area contributed by atoms with E-state index >= 15 is 0 Å². The van der Waals surface area contributed by atoms with Crippen molar-refractivity contribution in [1.29, 1.82) is 0 Å². The van der Waals surface area contributed by atoms with E-state index in [1.807, 2.05) is 0 Å². The van der Waals surface area contributed by atoms with Gasteiger partial charge >= 0.3 is 12.0 Å². The lowest BCUT2D eigenvalue weighted by Crippen LogP contribution is -2.59. The summed E-state index contributed by atoms with van der Waals surface area (Å²) in [5.41, 5.74) is 5.24. The predicted molar refractivity (Wildman–Crippen MR) is 63.3 cm³/mol. The van der Waals surface area contributed by atoms with Crippen LogP contribution in [-0.2, 0) is 14.3 Å². The minimum Gasteiger partial charge on any atom is -0.480 e. The summed E-state index contributed by atoms with van der Waals surface area (Å²) in [5.74, 6) is -1.66. The molecule has 0 aliphatic carbocycles. The topological polar surface area (TPSA) is 113 Å². The standard InChI is InChI=1S/C11H17N3O5/c12-9(15)8-6-19-5-4-14(8)11(18)13-3-1-2-7(13)10(16)17/h7-8H,1-6H2,(H2,12,15)(H,16,17)/t7-,8?/m1/s1. The van der Waals surface area contributed by atoms with Crippen molar-refractivity contribution in [2.75, 3.05) is 26.3 Å². The van der Waals surface area contributed by atoms with Crippen LogP contribution in [0.1, 0.15) is 12.8 Å². The first kappa shape index (κ1) is 13.6. The largest absolute Gasteiger partial charge is 0.480 e. The molecular weight excluding hydrogens is 254 g/mol. The minimum absolute atomic E-state index is 0.0622. The molecule has 1 unspecified atom stereocenters. The van der Waals surface area contributed by atoms with Gasteiger partial charge in [-0.25, -0.2) is 9.59 Å². The van der Waals surface area contributed by atoms with Crippen molar-refractivity contribution in [3.63, 3.8) is 0 Å². The maximum atomic E-state index is 12.4. The van der Waals surface area contributed by atoms with E-state index in [9.17, 15) is 14.4 Å². The molecular formula is C11H17N3O5. The molecule has 0 saturated carbocycles. The number of nitrogens with zero attached hydrogens (tertiary/aromatic N) is 2. The molecule has 3 N–H and O–H groups in total. The van der Waals surface area contributed by atoms with Gasteiger partial charge in [0.1, 0.15) is 12.1 Å². The molecule has 2 aliphatic rings. The second kappa shape index (κ2) is 5.43. The lowest BCUT2D eigenvalue weighted by molar-refractivity contribution is -0.141. The van der Waals surface area contributed by atoms with Crippen molar-refractivity contribution >= 4 is 17.9 Å². The second-order valence-electron chi connectivity index (χ2n) is 4.66. The zero-order valence-corrected chi connectivity index (χ0v) is 10.4. The first-order valence-electron chi connectivity index (χ1n) is 6.19. The zero-order chi connectivity index (χ0) is 14.0. The van der Waals surface area contributed by atoms with Gasteiger partial charge in [-0.05, 0) is 12.8 Å². The van der Waals surface area contributed by atoms with Crippen LogP contribution in [0.5, 0.6) is 0 Å². The van der Waals surface area contributed by atoms with Gasteiger partial charge in [-0.2, -0.15) is 0 Å². The molecule has 2 heterocycles. The Morgan fingerprint density at radius 1 is 1.16 bits per heavy atom. The fraction of sp³-hybridized carbons (Fsp3) is 0.727. The number of amides is 3. The Hall–Kier alpha value is -1.83. The van der Waals surface area contributed by atoms with Crippen LogP contribution in [0.15, 0.2) is 0 Å². The molecule has 8 heteroatoms. The van der Waals surface area contributed by atoms with Gasteiger partial charge in [0.05, 0.1) is 13.2 Å². The molecule has 8 nitrogen and oxygen atoms in total. The number of hydrogen-bond donors (Lipinski definition) is 2. The van der Waals surface area contributed by atoms with E-state index in [1.165, 1.54) is 9.80 Å². The molecule has 0 aromatic rings. The van der Waals surface area contributed by atoms with Crippen molar-refractivity contribution in [2.24, 2.45) is 5.73 Å². The molecule has 2 atom stereocenters. The van der Waals surface area contributed by atoms with Gasteiger partial charge < -0.3 is 25.4 Å². The Bertz CT molecular complexity index is 400. The summed E-state index contributed by atoms with van der Waals surface area (Å²) in [6, 6.07) is -2.09. The highest BCUT2D eigenvalue weighted by atomic mass is 16.5. The number of carboxylic acids is 1. The summed E-state index contributed by atoms with van der Waals surface area (Å²) in [6.45, 7) is 1.02. The van der Waals surface area contributed by atoms with Gasteiger partial charge in [-0.3, -0.25) is 4.79 Å². The number of primary amides is 1. The molecule has 0 bridgehead atoms. The molecule has 19 heavy (non-hydrogen) atoms. The number of carboxylic acid groups (broad SMARTS) is 1. The summed E-state index contributed by atoms with van der Waals surface area (Å²) >= 11 is 0. The van der Waals surface area contributed by atoms with Gasteiger partial charge in [0.25, 0.3) is 0 Å². The third kappa shape index (κ3) is 2.62. The molecule has 2 fully saturated rings. The third-order valence-electron chi connectivity index (χ3n) is 3.49. The van der Waals surface area contributed by atoms with Gasteiger partial charge in [0.15, 0.2) is 0 Å². The van der Waals surface area contributed by atoms with E-state index in [1.54, 1.807) is 0 Å². The van der Waals surface area contributed by atoms with Crippen LogP contribution in [0.25, 0.3) is 0 Å². The van der Waals surface area contributed by atoms with Crippen molar-refractivity contribution in [3.8, 4) is 0 Å². The molecule has 0 aromatic carbocycles. The molecule has 2 saturated heterocycles. The van der Waals surface area contributed by atoms with Gasteiger partial charge in [0, 0.05) is 13.1 Å². The predicted octanol–water partition coefficient (Wildman–Crippen LogP) is -1.16. The van der Waals surface area contributed by atoms with Crippen molar-refractivity contribution in [3.05, 3.63) is 0 Å². The lowest BCUT2D eigenvalue weighted by atomic mass is 10.2. The van der Waals surface area contributed by atoms with E-state index in [0.717, 1.165) is 0 Å². The molecule has 0 radical (unpaired) electrons. The van der Waals surface area contributed by atoms with E-state index in [2.05, 4.69) is 0 Å². The van der Waals surface area contributed by atoms with Crippen molar-refractivity contribution in [2.45, 2.75) is 24.9 Å². The van der Waals surface area contributed by atoms with E-state index < -0.39 is 30.0 Å². The molecule has 2 aliphatic heterocycles. The van der Waals surface area contributed by atoms with Crippen LogP contribution in [0.2, 0.25) is 0 Å². The minimum atomic E-state index is -1.02. The number of nitrogens with two attached hydrogens (primary N) is 1. The van der Waals surface area contributed by atoms with Crippen molar-refractivity contribution in [1.82, 2.24) is 9.80 Å². The lowest BCUT2D eigenvalue weighted by Gasteiger charge is -2.37. The van der Waals surface area contributed by atoms with Crippen LogP contribution < -0.4 is 5.73 Å². The van der Waals surface area contributed by atoms with E-state index in [4.69, 9.17) is 15.6 Å². The summed E-state index contributed by atoms with van der Waals surface area (Å²) in [7, 11) is 0. The van der Waals surface area contributed by atoms with Gasteiger partial charge in [-0.15, -0.1) is 0 Å². The number of ether oxygens (including phenoxy) is 1. The number of rotatable bonds is 2. The number of hydrogen-bond acceptors (Lipinski definition) is 4. The highest BCUT2D eigenvalue weighted by Gasteiger charge is 2.40. The number of aliphatic carboxylic acids is 1. The first-order valence-corrected chi connectivity index (χ1v) is 6.19. The second-order valence-corrected chi connectivity index (χ2v) is 4.66. The number of morpholine rings is 1. The highest BCUT2D eigenvalue weighted by molar-refractivity contribution is 5.88. The molecule has 0 spiro atoms. The fourth-order valence-electron chi connectivity index (χ4n) is 2.49. The maximum Gasteiger partial charge on any atom is 0.326 e. The Balaban J connectivity index is 2.13. The highest BCUT2D eigenvalue weighted by Crippen LogP contribution is 2.21. The Morgan fingerprint density at radius 3 is 2.47 bits per heavy atom. The maximum absolute atomic E-state index is 12.4. The number of carbonyl (C=O) groups is 3. The summed E-state index contributed by atoms with van der Waals surface area (Å²) in [4.78, 5) is 37.4. The fourth-order valence-corrected chi connectivity index (χ4v) is 2.49. The average Bonchev–Trinajstić information content (AvgIpc) is 2.87. The Kier molecular flexibility index (Phi) is 3.89.